The highest BCUT2D eigenvalue weighted by atomic mass is 35.5. The van der Waals surface area contributed by atoms with E-state index in [4.69, 9.17) is 29.6 Å². The molecular formula is C18H11Cl2FNOS+. The summed E-state index contributed by atoms with van der Waals surface area (Å²) in [4.78, 5) is 14.9. The number of rotatable bonds is 3. The quantitative estimate of drug-likeness (QED) is 0.544. The zero-order valence-corrected chi connectivity index (χ0v) is 14.6. The summed E-state index contributed by atoms with van der Waals surface area (Å²) in [6, 6.07) is 9.51. The first-order valence-corrected chi connectivity index (χ1v) is 8.67. The number of aromatic nitrogens is 1. The summed E-state index contributed by atoms with van der Waals surface area (Å²) in [5, 5.41) is 2.90. The van der Waals surface area contributed by atoms with Crippen molar-refractivity contribution in [3.63, 3.8) is 0 Å². The maximum Gasteiger partial charge on any atom is 0.265 e. The second-order valence-corrected chi connectivity index (χ2v) is 6.90. The highest BCUT2D eigenvalue weighted by molar-refractivity contribution is 7.98. The number of nitrogens with one attached hydrogen (secondary N) is 1. The molecule has 0 atom stereocenters. The van der Waals surface area contributed by atoms with Gasteiger partial charge in [-0.2, -0.15) is 0 Å². The second kappa shape index (κ2) is 6.90. The number of hydrogen-bond acceptors (Lipinski definition) is 2. The second-order valence-electron chi connectivity index (χ2n) is 5.03. The average Bonchev–Trinajstić information content (AvgIpc) is 2.54. The molecule has 6 heteroatoms. The monoisotopic (exact) mass is 378 g/mol. The number of pyridine rings is 1. The van der Waals surface area contributed by atoms with Gasteiger partial charge in [-0.1, -0.05) is 23.6 Å². The molecule has 0 aliphatic rings. The molecule has 0 unspecified atom stereocenters. The molecule has 1 aromatic heterocycles. The van der Waals surface area contributed by atoms with Crippen LogP contribution in [0.2, 0.25) is 10.0 Å². The molecule has 0 saturated carbocycles. The molecule has 24 heavy (non-hydrogen) atoms. The van der Waals surface area contributed by atoms with Gasteiger partial charge >= 0.3 is 0 Å². The van der Waals surface area contributed by atoms with Crippen LogP contribution in [0.4, 0.5) is 4.39 Å². The number of halogens is 3. The Labute approximate surface area is 152 Å². The predicted octanol–water partition coefficient (Wildman–Crippen LogP) is 4.29. The van der Waals surface area contributed by atoms with Crippen LogP contribution in [0.15, 0.2) is 46.2 Å². The molecule has 3 aromatic rings. The van der Waals surface area contributed by atoms with E-state index in [1.165, 1.54) is 30.0 Å². The lowest BCUT2D eigenvalue weighted by Gasteiger charge is -2.09. The highest BCUT2D eigenvalue weighted by Crippen LogP contribution is 2.31. The van der Waals surface area contributed by atoms with Crippen molar-refractivity contribution in [1.82, 2.24) is 4.98 Å². The summed E-state index contributed by atoms with van der Waals surface area (Å²) in [6.07, 6.45) is 5.41. The summed E-state index contributed by atoms with van der Waals surface area (Å²) >= 11 is 12.6. The maximum atomic E-state index is 13.6. The first-order chi connectivity index (χ1) is 11.5. The fourth-order valence-electron chi connectivity index (χ4n) is 2.33. The summed E-state index contributed by atoms with van der Waals surface area (Å²) < 4.78 is 13.6. The van der Waals surface area contributed by atoms with Gasteiger partial charge in [0.05, 0.1) is 15.6 Å². The number of fused-ring (bicyclic) bond motifs is 1. The van der Waals surface area contributed by atoms with Crippen molar-refractivity contribution in [3.8, 4) is 12.3 Å². The van der Waals surface area contributed by atoms with E-state index in [1.807, 2.05) is 6.07 Å². The minimum atomic E-state index is -0.395. The van der Waals surface area contributed by atoms with E-state index in [9.17, 15) is 9.18 Å². The first kappa shape index (κ1) is 16.9. The van der Waals surface area contributed by atoms with Crippen LogP contribution in [0.5, 0.6) is 0 Å². The van der Waals surface area contributed by atoms with Crippen LogP contribution in [0.1, 0.15) is 11.1 Å². The van der Waals surface area contributed by atoms with Crippen molar-refractivity contribution < 1.29 is 16.0 Å². The molecule has 0 bridgehead atoms. The molecule has 120 valence electrons. The third-order valence-corrected chi connectivity index (χ3v) is 5.16. The van der Waals surface area contributed by atoms with Gasteiger partial charge in [-0.25, -0.2) is 4.39 Å². The molecule has 0 aliphatic heterocycles. The van der Waals surface area contributed by atoms with Gasteiger partial charge < -0.3 is 4.98 Å². The van der Waals surface area contributed by atoms with Crippen molar-refractivity contribution in [1.29, 1.82) is 0 Å². The number of terminal acetylenes is 1. The molecule has 2 aromatic carbocycles. The maximum absolute atomic E-state index is 13.6. The van der Waals surface area contributed by atoms with Gasteiger partial charge in [-0.15, -0.1) is 18.2 Å². The van der Waals surface area contributed by atoms with Gasteiger partial charge in [0.25, 0.3) is 5.56 Å². The topological polar surface area (TPSA) is 32.9 Å². The van der Waals surface area contributed by atoms with E-state index >= 15 is 0 Å². The largest absolute Gasteiger partial charge is 0.315 e. The predicted molar refractivity (Wildman–Crippen MR) is 94.0 cm³/mol. The zero-order chi connectivity index (χ0) is 17.3. The summed E-state index contributed by atoms with van der Waals surface area (Å²) in [6.45, 7) is 0. The molecule has 0 saturated heterocycles. The van der Waals surface area contributed by atoms with Gasteiger partial charge in [0.1, 0.15) is 5.82 Å². The third kappa shape index (κ3) is 3.29. The third-order valence-electron chi connectivity index (χ3n) is 3.49. The Morgan fingerprint density at radius 3 is 2.75 bits per heavy atom. The first-order valence-electron chi connectivity index (χ1n) is 6.90. The van der Waals surface area contributed by atoms with Crippen LogP contribution in [0.25, 0.3) is 10.8 Å². The standard InChI is InChI=1S/C18H10Cl2FNOS/c1-2-13-14-6-5-12(21)8-15(14)18(22-17(13)23)24-9-10-3-4-11(19)7-16(10)20/h1,3-8,19H,9H2/p+1. The molecule has 3 rings (SSSR count). The van der Waals surface area contributed by atoms with Crippen LogP contribution < -0.4 is 5.56 Å². The fraction of sp³-hybridized carbons (Fsp3) is 0.0556. The van der Waals surface area contributed by atoms with E-state index in [0.29, 0.717) is 31.6 Å². The zero-order valence-electron chi connectivity index (χ0n) is 12.2. The van der Waals surface area contributed by atoms with Crippen molar-refractivity contribution in [2.45, 2.75) is 10.8 Å². The lowest BCUT2D eigenvalue weighted by Crippen LogP contribution is -2.11. The number of aromatic amines is 1. The fourth-order valence-corrected chi connectivity index (χ4v) is 3.95. The van der Waals surface area contributed by atoms with Crippen molar-refractivity contribution in [2.24, 2.45) is 0 Å². The Balaban J connectivity index is 2.05. The van der Waals surface area contributed by atoms with E-state index < -0.39 is 5.82 Å². The normalized spacial score (nSPS) is 10.8. The van der Waals surface area contributed by atoms with Crippen LogP contribution >= 0.6 is 23.4 Å². The van der Waals surface area contributed by atoms with E-state index in [0.717, 1.165) is 5.56 Å². The number of H-pyrrole nitrogens is 1. The van der Waals surface area contributed by atoms with Gasteiger partial charge in [0, 0.05) is 28.7 Å². The van der Waals surface area contributed by atoms with Gasteiger partial charge in [0.2, 0.25) is 5.02 Å². The Hall–Kier alpha value is -1.93. The molecule has 0 amide bonds. The lowest BCUT2D eigenvalue weighted by molar-refractivity contribution is -0.288. The van der Waals surface area contributed by atoms with Crippen LogP contribution in [0.3, 0.4) is 0 Å². The molecule has 1 N–H and O–H groups in total. The van der Waals surface area contributed by atoms with E-state index in [1.54, 1.807) is 12.1 Å². The Morgan fingerprint density at radius 1 is 1.25 bits per heavy atom. The van der Waals surface area contributed by atoms with Crippen LogP contribution in [-0.4, -0.2) is 4.98 Å². The molecule has 0 aliphatic carbocycles. The Morgan fingerprint density at radius 2 is 2.04 bits per heavy atom. The van der Waals surface area contributed by atoms with Crippen molar-refractivity contribution >= 4 is 34.1 Å². The van der Waals surface area contributed by atoms with Gasteiger partial charge in [-0.3, -0.25) is 4.79 Å². The van der Waals surface area contributed by atoms with E-state index in [2.05, 4.69) is 10.9 Å². The molecule has 2 nitrogen and oxygen atoms in total. The van der Waals surface area contributed by atoms with Crippen molar-refractivity contribution in [2.75, 3.05) is 0 Å². The van der Waals surface area contributed by atoms with Gasteiger partial charge in [0.15, 0.2) is 11.6 Å². The Bertz CT molecular complexity index is 1040. The number of hydrogen-bond donors (Lipinski definition) is 1. The van der Waals surface area contributed by atoms with Gasteiger partial charge in [-0.05, 0) is 23.8 Å². The lowest BCUT2D eigenvalue weighted by atomic mass is 10.1. The molecule has 0 radical (unpaired) electrons. The highest BCUT2D eigenvalue weighted by Gasteiger charge is 2.12. The smallest absolute Gasteiger partial charge is 0.265 e. The number of thioether (sulfide) groups is 1. The summed E-state index contributed by atoms with van der Waals surface area (Å²) in [7, 11) is 0. The Kier molecular flexibility index (Phi) is 4.86. The summed E-state index contributed by atoms with van der Waals surface area (Å²) in [5.74, 6) is 2.48. The minimum absolute atomic E-state index is 0.197. The van der Waals surface area contributed by atoms with Crippen LogP contribution in [0, 0.1) is 29.8 Å². The summed E-state index contributed by atoms with van der Waals surface area (Å²) in [5.41, 5.74) is 0.704. The molecule has 0 fully saturated rings. The minimum Gasteiger partial charge on any atom is -0.315 e. The molecule has 0 spiro atoms. The SMILES string of the molecule is C#Cc1c(=O)[nH]c(SCc2ccc([ClH+])cc2Cl)c2cc(F)ccc12. The van der Waals surface area contributed by atoms with Crippen LogP contribution in [-0.2, 0) is 5.75 Å². The average molecular weight is 379 g/mol. The van der Waals surface area contributed by atoms with E-state index in [-0.39, 0.29) is 11.1 Å². The molecule has 1 heterocycles. The van der Waals surface area contributed by atoms with Crippen molar-refractivity contribution in [3.05, 3.63) is 73.7 Å². The molecular weight excluding hydrogens is 368 g/mol. The number of benzene rings is 2.